The van der Waals surface area contributed by atoms with Gasteiger partial charge in [-0.2, -0.15) is 0 Å². The molecule has 0 spiro atoms. The third-order valence-electron chi connectivity index (χ3n) is 4.33. The number of ether oxygens (including phenoxy) is 1. The van der Waals surface area contributed by atoms with E-state index < -0.39 is 27.9 Å². The summed E-state index contributed by atoms with van der Waals surface area (Å²) in [5.41, 5.74) is 0.716. The predicted octanol–water partition coefficient (Wildman–Crippen LogP) is 2.24. The van der Waals surface area contributed by atoms with E-state index in [9.17, 15) is 22.8 Å². The summed E-state index contributed by atoms with van der Waals surface area (Å²) in [5.74, 6) is -0.263. The van der Waals surface area contributed by atoms with Crippen molar-refractivity contribution in [1.82, 2.24) is 15.4 Å². The van der Waals surface area contributed by atoms with Crippen LogP contribution in [0.25, 0.3) is 0 Å². The molecule has 0 aliphatic heterocycles. The fourth-order valence-electron chi connectivity index (χ4n) is 2.65. The van der Waals surface area contributed by atoms with E-state index in [1.54, 1.807) is 24.3 Å². The van der Waals surface area contributed by atoms with E-state index in [2.05, 4.69) is 16.0 Å². The fourth-order valence-corrected chi connectivity index (χ4v) is 3.58. The number of amides is 4. The predicted molar refractivity (Wildman–Crippen MR) is 124 cm³/mol. The molecule has 2 aromatic carbocycles. The van der Waals surface area contributed by atoms with Crippen LogP contribution in [0.15, 0.2) is 53.4 Å². The van der Waals surface area contributed by atoms with Crippen LogP contribution in [0.2, 0.25) is 0 Å². The lowest BCUT2D eigenvalue weighted by atomic mass is 10.2. The Hall–Kier alpha value is -3.60. The highest BCUT2D eigenvalue weighted by molar-refractivity contribution is 7.90. The number of carbonyl (C=O) groups excluding carboxylic acids is 3. The highest BCUT2D eigenvalue weighted by atomic mass is 32.2. The SMILES string of the molecule is CCCCNC(=O)NS(=O)(=O)c1ccc(NC(=O)CNC(=O)c2ccc(OCC)cc2)cc1. The first-order valence-corrected chi connectivity index (χ1v) is 11.9. The lowest BCUT2D eigenvalue weighted by Gasteiger charge is -2.10. The molecule has 0 aromatic heterocycles. The molecule has 2 rings (SSSR count). The Morgan fingerprint density at radius 1 is 0.909 bits per heavy atom. The van der Waals surface area contributed by atoms with Gasteiger partial charge in [0.2, 0.25) is 5.91 Å². The van der Waals surface area contributed by atoms with Crippen LogP contribution >= 0.6 is 0 Å². The fraction of sp³-hybridized carbons (Fsp3) is 0.318. The third kappa shape index (κ3) is 8.45. The number of rotatable bonds is 11. The number of carbonyl (C=O) groups is 3. The standard InChI is InChI=1S/C22H28N4O6S/c1-3-5-14-23-22(29)26-33(30,31)19-12-8-17(9-13-19)25-20(27)15-24-21(28)16-6-10-18(11-7-16)32-4-2/h6-13H,3-5,14-15H2,1-2H3,(H,24,28)(H,25,27)(H2,23,26,29). The Labute approximate surface area is 193 Å². The first kappa shape index (κ1) is 25.7. The van der Waals surface area contributed by atoms with E-state index in [4.69, 9.17) is 4.74 Å². The number of sulfonamides is 1. The number of hydrogen-bond acceptors (Lipinski definition) is 6. The third-order valence-corrected chi connectivity index (χ3v) is 5.68. The van der Waals surface area contributed by atoms with Crippen LogP contribution in [0.4, 0.5) is 10.5 Å². The van der Waals surface area contributed by atoms with Crippen LogP contribution in [0, 0.1) is 0 Å². The van der Waals surface area contributed by atoms with Crippen LogP contribution in [-0.4, -0.2) is 46.0 Å². The van der Waals surface area contributed by atoms with Gasteiger partial charge in [0.05, 0.1) is 18.0 Å². The van der Waals surface area contributed by atoms with E-state index >= 15 is 0 Å². The molecule has 0 saturated heterocycles. The van der Waals surface area contributed by atoms with Gasteiger partial charge >= 0.3 is 6.03 Å². The first-order valence-electron chi connectivity index (χ1n) is 10.5. The van der Waals surface area contributed by atoms with Gasteiger partial charge in [0.1, 0.15) is 5.75 Å². The molecule has 0 saturated carbocycles. The zero-order chi connectivity index (χ0) is 24.3. The number of nitrogens with one attached hydrogen (secondary N) is 4. The molecule has 11 heteroatoms. The summed E-state index contributed by atoms with van der Waals surface area (Å²) in [6, 6.07) is 11.0. The van der Waals surface area contributed by atoms with Gasteiger partial charge in [-0.1, -0.05) is 13.3 Å². The first-order chi connectivity index (χ1) is 15.7. The number of benzene rings is 2. The molecule has 0 aliphatic carbocycles. The van der Waals surface area contributed by atoms with Gasteiger partial charge in [-0.15, -0.1) is 0 Å². The second-order valence-electron chi connectivity index (χ2n) is 6.93. The normalized spacial score (nSPS) is 10.7. The molecular formula is C22H28N4O6S. The molecule has 0 unspecified atom stereocenters. The lowest BCUT2D eigenvalue weighted by Crippen LogP contribution is -2.39. The van der Waals surface area contributed by atoms with Crippen LogP contribution < -0.4 is 25.4 Å². The Balaban J connectivity index is 1.85. The minimum absolute atomic E-state index is 0.130. The van der Waals surface area contributed by atoms with Crippen molar-refractivity contribution in [2.75, 3.05) is 25.0 Å². The van der Waals surface area contributed by atoms with Crippen molar-refractivity contribution in [2.45, 2.75) is 31.6 Å². The van der Waals surface area contributed by atoms with Crippen molar-refractivity contribution in [3.63, 3.8) is 0 Å². The lowest BCUT2D eigenvalue weighted by molar-refractivity contribution is -0.115. The molecule has 4 N–H and O–H groups in total. The maximum atomic E-state index is 12.3. The summed E-state index contributed by atoms with van der Waals surface area (Å²) < 4.78 is 31.8. The van der Waals surface area contributed by atoms with Crippen LogP contribution in [0.1, 0.15) is 37.0 Å². The summed E-state index contributed by atoms with van der Waals surface area (Å²) in [7, 11) is -4.04. The van der Waals surface area contributed by atoms with Crippen LogP contribution in [0.3, 0.4) is 0 Å². The van der Waals surface area contributed by atoms with Crippen molar-refractivity contribution in [1.29, 1.82) is 0 Å². The maximum absolute atomic E-state index is 12.3. The topological polar surface area (TPSA) is 143 Å². The molecule has 0 heterocycles. The van der Waals surface area contributed by atoms with E-state index in [1.165, 1.54) is 24.3 Å². The van der Waals surface area contributed by atoms with Gasteiger partial charge < -0.3 is 20.7 Å². The molecular weight excluding hydrogens is 448 g/mol. The smallest absolute Gasteiger partial charge is 0.328 e. The molecule has 0 bridgehead atoms. The minimum atomic E-state index is -4.04. The van der Waals surface area contributed by atoms with Gasteiger partial charge in [0, 0.05) is 17.8 Å². The van der Waals surface area contributed by atoms with Gasteiger partial charge in [-0.25, -0.2) is 17.9 Å². The minimum Gasteiger partial charge on any atom is -0.494 e. The van der Waals surface area contributed by atoms with E-state index in [0.29, 0.717) is 30.2 Å². The van der Waals surface area contributed by atoms with Crippen LogP contribution in [0.5, 0.6) is 5.75 Å². The quantitative estimate of drug-likeness (QED) is 0.366. The van der Waals surface area contributed by atoms with Crippen molar-refractivity contribution in [2.24, 2.45) is 0 Å². The van der Waals surface area contributed by atoms with Crippen molar-refractivity contribution in [3.05, 3.63) is 54.1 Å². The van der Waals surface area contributed by atoms with Crippen LogP contribution in [-0.2, 0) is 14.8 Å². The maximum Gasteiger partial charge on any atom is 0.328 e. The second-order valence-corrected chi connectivity index (χ2v) is 8.61. The molecule has 4 amide bonds. The number of hydrogen-bond donors (Lipinski definition) is 4. The largest absolute Gasteiger partial charge is 0.494 e. The molecule has 2 aromatic rings. The van der Waals surface area contributed by atoms with Crippen molar-refractivity contribution < 1.29 is 27.5 Å². The monoisotopic (exact) mass is 476 g/mol. The average molecular weight is 477 g/mol. The van der Waals surface area contributed by atoms with Crippen molar-refractivity contribution in [3.8, 4) is 5.75 Å². The van der Waals surface area contributed by atoms with Gasteiger partial charge in [0.25, 0.3) is 15.9 Å². The van der Waals surface area contributed by atoms with Crippen molar-refractivity contribution >= 4 is 33.6 Å². The molecule has 0 aliphatic rings. The summed E-state index contributed by atoms with van der Waals surface area (Å²) in [5, 5.41) is 7.53. The van der Waals surface area contributed by atoms with E-state index in [-0.39, 0.29) is 11.4 Å². The highest BCUT2D eigenvalue weighted by Gasteiger charge is 2.17. The number of unbranched alkanes of at least 4 members (excludes halogenated alkanes) is 1. The Morgan fingerprint density at radius 2 is 1.58 bits per heavy atom. The second kappa shape index (κ2) is 12.4. The van der Waals surface area contributed by atoms with E-state index in [0.717, 1.165) is 12.8 Å². The summed E-state index contributed by atoms with van der Waals surface area (Å²) in [4.78, 5) is 35.8. The Bertz CT molecular complexity index is 1050. The Kier molecular flexibility index (Phi) is 9.67. The summed E-state index contributed by atoms with van der Waals surface area (Å²) in [6.07, 6.45) is 1.61. The van der Waals surface area contributed by atoms with Gasteiger partial charge in [-0.3, -0.25) is 9.59 Å². The summed E-state index contributed by atoms with van der Waals surface area (Å²) >= 11 is 0. The number of anilines is 1. The zero-order valence-corrected chi connectivity index (χ0v) is 19.3. The Morgan fingerprint density at radius 3 is 2.18 bits per heavy atom. The van der Waals surface area contributed by atoms with Gasteiger partial charge in [-0.05, 0) is 61.9 Å². The average Bonchev–Trinajstić information content (AvgIpc) is 2.78. The summed E-state index contributed by atoms with van der Waals surface area (Å²) in [6.45, 7) is 4.43. The molecule has 33 heavy (non-hydrogen) atoms. The van der Waals surface area contributed by atoms with Gasteiger partial charge in [0.15, 0.2) is 0 Å². The molecule has 0 radical (unpaired) electrons. The highest BCUT2D eigenvalue weighted by Crippen LogP contribution is 2.14. The zero-order valence-electron chi connectivity index (χ0n) is 18.5. The molecule has 0 atom stereocenters. The number of urea groups is 1. The molecule has 10 nitrogen and oxygen atoms in total. The molecule has 178 valence electrons. The van der Waals surface area contributed by atoms with E-state index in [1.807, 2.05) is 18.6 Å². The molecule has 0 fully saturated rings.